The molecule has 2 rings (SSSR count). The Morgan fingerprint density at radius 1 is 1.06 bits per heavy atom. The standard InChI is InChI=1S/C12H12N4O/c13-9-11(10-14)12(15-3-1-2-4-15)16-5-7-17-8-6-16/h1-4H,5-8H2. The Labute approximate surface area is 99.7 Å². The second kappa shape index (κ2) is 5.20. The number of nitrogens with zero attached hydrogens (tertiary/aromatic N) is 4. The minimum atomic E-state index is 0.128. The molecule has 0 amide bonds. The fraction of sp³-hybridized carbons (Fsp3) is 0.333. The van der Waals surface area contributed by atoms with E-state index in [0.29, 0.717) is 32.1 Å². The first kappa shape index (κ1) is 11.3. The van der Waals surface area contributed by atoms with Crippen LogP contribution in [0.4, 0.5) is 0 Å². The van der Waals surface area contributed by atoms with E-state index in [1.807, 2.05) is 41.6 Å². The smallest absolute Gasteiger partial charge is 0.170 e. The summed E-state index contributed by atoms with van der Waals surface area (Å²) in [5.41, 5.74) is 0.128. The van der Waals surface area contributed by atoms with Gasteiger partial charge in [0.15, 0.2) is 5.57 Å². The van der Waals surface area contributed by atoms with Gasteiger partial charge >= 0.3 is 0 Å². The van der Waals surface area contributed by atoms with Crippen LogP contribution in [-0.4, -0.2) is 35.8 Å². The Balaban J connectivity index is 2.42. The summed E-state index contributed by atoms with van der Waals surface area (Å²) in [6.07, 6.45) is 3.67. The van der Waals surface area contributed by atoms with Gasteiger partial charge in [-0.1, -0.05) is 0 Å². The van der Waals surface area contributed by atoms with Gasteiger partial charge in [-0.05, 0) is 12.1 Å². The summed E-state index contributed by atoms with van der Waals surface area (Å²) >= 11 is 0. The van der Waals surface area contributed by atoms with E-state index in [0.717, 1.165) is 0 Å². The molecule has 0 atom stereocenters. The van der Waals surface area contributed by atoms with Crippen molar-refractivity contribution in [1.29, 1.82) is 10.5 Å². The van der Waals surface area contributed by atoms with E-state index >= 15 is 0 Å². The molecule has 0 aromatic carbocycles. The maximum Gasteiger partial charge on any atom is 0.170 e. The molecule has 5 heteroatoms. The molecule has 0 radical (unpaired) electrons. The highest BCUT2D eigenvalue weighted by Gasteiger charge is 2.19. The zero-order valence-electron chi connectivity index (χ0n) is 9.33. The number of hydrogen-bond acceptors (Lipinski definition) is 4. The Hall–Kier alpha value is -2.24. The predicted molar refractivity (Wildman–Crippen MR) is 61.3 cm³/mol. The average Bonchev–Trinajstić information content (AvgIpc) is 2.90. The largest absolute Gasteiger partial charge is 0.378 e. The molecule has 0 bridgehead atoms. The number of aromatic nitrogens is 1. The Morgan fingerprint density at radius 2 is 1.65 bits per heavy atom. The highest BCUT2D eigenvalue weighted by molar-refractivity contribution is 5.61. The number of morpholine rings is 1. The normalized spacial score (nSPS) is 14.8. The van der Waals surface area contributed by atoms with Gasteiger partial charge in [-0.2, -0.15) is 10.5 Å². The van der Waals surface area contributed by atoms with Crippen LogP contribution in [0.25, 0.3) is 5.82 Å². The van der Waals surface area contributed by atoms with Crippen LogP contribution in [0.15, 0.2) is 30.1 Å². The maximum atomic E-state index is 9.02. The number of nitriles is 2. The second-order valence-corrected chi connectivity index (χ2v) is 3.61. The quantitative estimate of drug-likeness (QED) is 0.709. The van der Waals surface area contributed by atoms with Crippen molar-refractivity contribution in [3.05, 3.63) is 30.1 Å². The highest BCUT2D eigenvalue weighted by Crippen LogP contribution is 2.17. The molecule has 1 saturated heterocycles. The second-order valence-electron chi connectivity index (χ2n) is 3.61. The van der Waals surface area contributed by atoms with Crippen LogP contribution in [0.1, 0.15) is 0 Å². The van der Waals surface area contributed by atoms with Crippen LogP contribution in [0, 0.1) is 22.7 Å². The fourth-order valence-electron chi connectivity index (χ4n) is 1.83. The van der Waals surface area contributed by atoms with Gasteiger partial charge in [-0.3, -0.25) is 0 Å². The van der Waals surface area contributed by atoms with Crippen LogP contribution in [0.2, 0.25) is 0 Å². The Kier molecular flexibility index (Phi) is 3.44. The third-order valence-electron chi connectivity index (χ3n) is 2.61. The van der Waals surface area contributed by atoms with Crippen LogP contribution in [0.3, 0.4) is 0 Å². The fourth-order valence-corrected chi connectivity index (χ4v) is 1.83. The number of ether oxygens (including phenoxy) is 1. The highest BCUT2D eigenvalue weighted by atomic mass is 16.5. The van der Waals surface area contributed by atoms with Crippen molar-refractivity contribution in [3.8, 4) is 12.1 Å². The first-order valence-corrected chi connectivity index (χ1v) is 5.37. The van der Waals surface area contributed by atoms with Crippen LogP contribution in [0.5, 0.6) is 0 Å². The van der Waals surface area contributed by atoms with E-state index in [1.165, 1.54) is 0 Å². The SMILES string of the molecule is N#CC(C#N)=C(N1CCOCC1)n1cccc1. The van der Waals surface area contributed by atoms with Gasteiger partial charge in [-0.25, -0.2) is 0 Å². The molecule has 0 unspecified atom stereocenters. The summed E-state index contributed by atoms with van der Waals surface area (Å²) in [6.45, 7) is 2.63. The topological polar surface area (TPSA) is 65.0 Å². The van der Waals surface area contributed by atoms with Gasteiger partial charge in [-0.15, -0.1) is 0 Å². The zero-order chi connectivity index (χ0) is 12.1. The molecule has 2 heterocycles. The van der Waals surface area contributed by atoms with Gasteiger partial charge in [0, 0.05) is 25.5 Å². The first-order chi connectivity index (χ1) is 8.36. The molecule has 1 aromatic heterocycles. The van der Waals surface area contributed by atoms with E-state index in [9.17, 15) is 0 Å². The third kappa shape index (κ3) is 2.30. The lowest BCUT2D eigenvalue weighted by Gasteiger charge is -2.31. The average molecular weight is 228 g/mol. The molecule has 86 valence electrons. The minimum absolute atomic E-state index is 0.128. The van der Waals surface area contributed by atoms with Crippen LogP contribution >= 0.6 is 0 Å². The summed E-state index contributed by atoms with van der Waals surface area (Å²) in [5.74, 6) is 0.642. The molecular formula is C12H12N4O. The molecular weight excluding hydrogens is 216 g/mol. The molecule has 0 aliphatic carbocycles. The van der Waals surface area contributed by atoms with E-state index in [4.69, 9.17) is 15.3 Å². The monoisotopic (exact) mass is 228 g/mol. The molecule has 17 heavy (non-hydrogen) atoms. The van der Waals surface area contributed by atoms with E-state index in [1.54, 1.807) is 4.57 Å². The molecule has 1 fully saturated rings. The van der Waals surface area contributed by atoms with Gasteiger partial charge in [0.1, 0.15) is 18.0 Å². The summed E-state index contributed by atoms with van der Waals surface area (Å²) < 4.78 is 7.07. The summed E-state index contributed by atoms with van der Waals surface area (Å²) in [5, 5.41) is 18.0. The summed E-state index contributed by atoms with van der Waals surface area (Å²) in [4.78, 5) is 2.01. The molecule has 1 aliphatic rings. The van der Waals surface area contributed by atoms with Crippen molar-refractivity contribution in [3.63, 3.8) is 0 Å². The molecule has 0 saturated carbocycles. The molecule has 0 N–H and O–H groups in total. The van der Waals surface area contributed by atoms with E-state index < -0.39 is 0 Å². The molecule has 0 spiro atoms. The summed E-state index contributed by atoms with van der Waals surface area (Å²) in [7, 11) is 0. The van der Waals surface area contributed by atoms with E-state index in [2.05, 4.69) is 0 Å². The Bertz CT molecular complexity index is 468. The predicted octanol–water partition coefficient (Wildman–Crippen LogP) is 1.04. The van der Waals surface area contributed by atoms with Crippen molar-refractivity contribution < 1.29 is 4.74 Å². The van der Waals surface area contributed by atoms with Gasteiger partial charge in [0.2, 0.25) is 0 Å². The number of rotatable bonds is 2. The van der Waals surface area contributed by atoms with Crippen molar-refractivity contribution in [2.75, 3.05) is 26.3 Å². The molecule has 1 aliphatic heterocycles. The van der Waals surface area contributed by atoms with Crippen molar-refractivity contribution in [2.45, 2.75) is 0 Å². The molecule has 5 nitrogen and oxygen atoms in total. The number of hydrogen-bond donors (Lipinski definition) is 0. The number of allylic oxidation sites excluding steroid dienone is 1. The van der Waals surface area contributed by atoms with Crippen molar-refractivity contribution in [1.82, 2.24) is 9.47 Å². The van der Waals surface area contributed by atoms with Crippen molar-refractivity contribution >= 4 is 5.82 Å². The van der Waals surface area contributed by atoms with E-state index in [-0.39, 0.29) is 5.57 Å². The lowest BCUT2D eigenvalue weighted by molar-refractivity contribution is 0.0615. The van der Waals surface area contributed by atoms with Gasteiger partial charge in [0.05, 0.1) is 13.2 Å². The maximum absolute atomic E-state index is 9.02. The molecule has 1 aromatic rings. The lowest BCUT2D eigenvalue weighted by atomic mass is 10.2. The van der Waals surface area contributed by atoms with Gasteiger partial charge < -0.3 is 14.2 Å². The zero-order valence-corrected chi connectivity index (χ0v) is 9.33. The lowest BCUT2D eigenvalue weighted by Crippen LogP contribution is -2.37. The van der Waals surface area contributed by atoms with Crippen LogP contribution < -0.4 is 0 Å². The third-order valence-corrected chi connectivity index (χ3v) is 2.61. The minimum Gasteiger partial charge on any atom is -0.378 e. The first-order valence-electron chi connectivity index (χ1n) is 5.37. The van der Waals surface area contributed by atoms with Crippen molar-refractivity contribution in [2.24, 2.45) is 0 Å². The summed E-state index contributed by atoms with van der Waals surface area (Å²) in [6, 6.07) is 7.64. The van der Waals surface area contributed by atoms with Crippen LogP contribution in [-0.2, 0) is 4.74 Å². The Morgan fingerprint density at radius 3 is 2.18 bits per heavy atom. The van der Waals surface area contributed by atoms with Gasteiger partial charge in [0.25, 0.3) is 0 Å².